The van der Waals surface area contributed by atoms with Gasteiger partial charge in [0.1, 0.15) is 0 Å². The van der Waals surface area contributed by atoms with E-state index in [1.807, 2.05) is 11.8 Å². The number of aliphatic imine (C=N–C) groups is 1. The third-order valence-electron chi connectivity index (χ3n) is 4.21. The smallest absolute Gasteiger partial charge is 0.191 e. The van der Waals surface area contributed by atoms with Crippen LogP contribution in [0, 0.1) is 5.92 Å². The highest BCUT2D eigenvalue weighted by atomic mass is 32.2. The molecule has 4 nitrogen and oxygen atoms in total. The number of thioether (sulfide) groups is 1. The highest BCUT2D eigenvalue weighted by Crippen LogP contribution is 2.22. The van der Waals surface area contributed by atoms with Crippen LogP contribution in [0.3, 0.4) is 0 Å². The summed E-state index contributed by atoms with van der Waals surface area (Å²) in [4.78, 5) is 8.51. The number of nitrogens with zero attached hydrogens (tertiary/aromatic N) is 2. The van der Waals surface area contributed by atoms with Crippen molar-refractivity contribution in [2.75, 3.05) is 39.8 Å². The number of nitrogens with one attached hydrogen (secondary N) is 2. The minimum atomic E-state index is 0.462. The number of guanidine groups is 1. The Labute approximate surface area is 151 Å². The Hall–Kier alpha value is -1.20. The molecule has 1 fully saturated rings. The fraction of sp³-hybridized carbons (Fsp3) is 0.632. The molecule has 1 heterocycles. The van der Waals surface area contributed by atoms with Crippen LogP contribution in [0.5, 0.6) is 0 Å². The van der Waals surface area contributed by atoms with Gasteiger partial charge < -0.3 is 15.5 Å². The predicted molar refractivity (Wildman–Crippen MR) is 106 cm³/mol. The van der Waals surface area contributed by atoms with Crippen LogP contribution in [0.15, 0.2) is 40.2 Å². The van der Waals surface area contributed by atoms with Crippen LogP contribution in [-0.2, 0) is 0 Å². The van der Waals surface area contributed by atoms with E-state index >= 15 is 0 Å². The van der Waals surface area contributed by atoms with Crippen LogP contribution < -0.4 is 10.6 Å². The molecule has 0 radical (unpaired) electrons. The Kier molecular flexibility index (Phi) is 8.47. The summed E-state index contributed by atoms with van der Waals surface area (Å²) in [5.41, 5.74) is 0. The van der Waals surface area contributed by atoms with E-state index in [1.54, 1.807) is 0 Å². The molecule has 1 aliphatic heterocycles. The van der Waals surface area contributed by atoms with Crippen LogP contribution in [-0.4, -0.2) is 55.9 Å². The summed E-state index contributed by atoms with van der Waals surface area (Å²) < 4.78 is 0. The number of likely N-dealkylation sites (tertiary alicyclic amines) is 1. The van der Waals surface area contributed by atoms with Gasteiger partial charge in [-0.3, -0.25) is 4.99 Å². The minimum Gasteiger partial charge on any atom is -0.357 e. The molecular formula is C19H32N4S. The lowest BCUT2D eigenvalue weighted by Crippen LogP contribution is -2.43. The fourth-order valence-electron chi connectivity index (χ4n) is 3.01. The maximum atomic E-state index is 4.77. The molecule has 0 bridgehead atoms. The first-order valence-corrected chi connectivity index (χ1v) is 9.97. The lowest BCUT2D eigenvalue weighted by atomic mass is 9.99. The molecule has 0 amide bonds. The molecule has 2 atom stereocenters. The van der Waals surface area contributed by atoms with Gasteiger partial charge in [0.25, 0.3) is 0 Å². The van der Waals surface area contributed by atoms with Gasteiger partial charge in [-0.15, -0.1) is 11.8 Å². The summed E-state index contributed by atoms with van der Waals surface area (Å²) >= 11 is 1.88. The molecule has 1 aromatic rings. The lowest BCUT2D eigenvalue weighted by molar-refractivity contribution is 0.210. The van der Waals surface area contributed by atoms with E-state index in [-0.39, 0.29) is 0 Å². The van der Waals surface area contributed by atoms with E-state index in [0.717, 1.165) is 31.5 Å². The molecule has 24 heavy (non-hydrogen) atoms. The molecule has 1 aromatic carbocycles. The van der Waals surface area contributed by atoms with E-state index in [9.17, 15) is 0 Å². The van der Waals surface area contributed by atoms with Crippen LogP contribution in [0.2, 0.25) is 0 Å². The molecule has 2 N–H and O–H groups in total. The van der Waals surface area contributed by atoms with E-state index in [0.29, 0.717) is 5.25 Å². The van der Waals surface area contributed by atoms with E-state index in [1.165, 1.54) is 30.8 Å². The van der Waals surface area contributed by atoms with Crippen LogP contribution in [0.1, 0.15) is 26.7 Å². The first-order chi connectivity index (χ1) is 11.7. The predicted octanol–water partition coefficient (Wildman–Crippen LogP) is 3.06. The summed E-state index contributed by atoms with van der Waals surface area (Å²) in [6.07, 6.45) is 2.62. The third-order valence-corrected chi connectivity index (χ3v) is 5.31. The van der Waals surface area contributed by atoms with Gasteiger partial charge in [0.05, 0.1) is 6.54 Å². The molecular weight excluding hydrogens is 316 g/mol. The van der Waals surface area contributed by atoms with E-state index in [4.69, 9.17) is 4.99 Å². The Bertz CT molecular complexity index is 491. The lowest BCUT2D eigenvalue weighted by Gasteiger charge is -2.30. The number of benzene rings is 1. The second-order valence-corrected chi connectivity index (χ2v) is 8.12. The monoisotopic (exact) mass is 348 g/mol. The van der Waals surface area contributed by atoms with Crippen molar-refractivity contribution in [1.29, 1.82) is 0 Å². The summed E-state index contributed by atoms with van der Waals surface area (Å²) in [5.74, 6) is 1.68. The number of hydrogen-bond acceptors (Lipinski definition) is 3. The highest BCUT2D eigenvalue weighted by Gasteiger charge is 2.17. The molecule has 0 saturated carbocycles. The van der Waals surface area contributed by atoms with Gasteiger partial charge in [0, 0.05) is 29.8 Å². The summed E-state index contributed by atoms with van der Waals surface area (Å²) in [6.45, 7) is 9.51. The first kappa shape index (κ1) is 19.1. The van der Waals surface area contributed by atoms with Gasteiger partial charge in [0.15, 0.2) is 5.96 Å². The minimum absolute atomic E-state index is 0.462. The maximum absolute atomic E-state index is 4.77. The van der Waals surface area contributed by atoms with Crippen molar-refractivity contribution in [1.82, 2.24) is 15.5 Å². The van der Waals surface area contributed by atoms with Gasteiger partial charge in [0.2, 0.25) is 0 Å². The molecule has 134 valence electrons. The summed E-state index contributed by atoms with van der Waals surface area (Å²) in [6, 6.07) is 10.6. The van der Waals surface area contributed by atoms with Crippen molar-refractivity contribution in [2.24, 2.45) is 10.9 Å². The Morgan fingerprint density at radius 2 is 2.12 bits per heavy atom. The molecule has 0 aromatic heterocycles. The number of hydrogen-bond donors (Lipinski definition) is 2. The molecule has 0 spiro atoms. The van der Waals surface area contributed by atoms with Gasteiger partial charge in [-0.25, -0.2) is 0 Å². The summed E-state index contributed by atoms with van der Waals surface area (Å²) in [7, 11) is 2.22. The Morgan fingerprint density at radius 1 is 1.33 bits per heavy atom. The number of rotatable bonds is 7. The van der Waals surface area contributed by atoms with Crippen LogP contribution >= 0.6 is 11.8 Å². The average Bonchev–Trinajstić information content (AvgIpc) is 2.58. The van der Waals surface area contributed by atoms with Crippen molar-refractivity contribution in [2.45, 2.75) is 36.8 Å². The second kappa shape index (κ2) is 10.6. The van der Waals surface area contributed by atoms with Gasteiger partial charge in [-0.2, -0.15) is 0 Å². The van der Waals surface area contributed by atoms with Gasteiger partial charge >= 0.3 is 0 Å². The topological polar surface area (TPSA) is 39.7 Å². The zero-order chi connectivity index (χ0) is 17.2. The standard InChI is InChI=1S/C19H32N4S/c1-4-20-19(22-14-17-9-8-12-23(3)15-17)21-13-16(2)24-18-10-6-5-7-11-18/h5-7,10-11,16-17H,4,8-9,12-15H2,1-3H3,(H2,20,21,22). The van der Waals surface area contributed by atoms with E-state index in [2.05, 4.69) is 66.8 Å². The maximum Gasteiger partial charge on any atom is 0.191 e. The van der Waals surface area contributed by atoms with Crippen molar-refractivity contribution in [3.05, 3.63) is 30.3 Å². The largest absolute Gasteiger partial charge is 0.357 e. The average molecular weight is 349 g/mol. The molecule has 0 aliphatic carbocycles. The Morgan fingerprint density at radius 3 is 2.83 bits per heavy atom. The first-order valence-electron chi connectivity index (χ1n) is 9.09. The normalized spacial score (nSPS) is 20.6. The molecule has 2 rings (SSSR count). The third kappa shape index (κ3) is 7.14. The zero-order valence-corrected chi connectivity index (χ0v) is 16.1. The second-order valence-electron chi connectivity index (χ2n) is 6.61. The summed E-state index contributed by atoms with van der Waals surface area (Å²) in [5, 5.41) is 7.36. The van der Waals surface area contributed by atoms with E-state index < -0.39 is 0 Å². The van der Waals surface area contributed by atoms with Gasteiger partial charge in [-0.05, 0) is 51.4 Å². The zero-order valence-electron chi connectivity index (χ0n) is 15.3. The Balaban J connectivity index is 1.78. The highest BCUT2D eigenvalue weighted by molar-refractivity contribution is 8.00. The van der Waals surface area contributed by atoms with Crippen molar-refractivity contribution < 1.29 is 0 Å². The van der Waals surface area contributed by atoms with Crippen molar-refractivity contribution in [3.63, 3.8) is 0 Å². The molecule has 2 unspecified atom stereocenters. The van der Waals surface area contributed by atoms with Crippen molar-refractivity contribution in [3.8, 4) is 0 Å². The molecule has 1 saturated heterocycles. The molecule has 5 heteroatoms. The van der Waals surface area contributed by atoms with Crippen LogP contribution in [0.4, 0.5) is 0 Å². The molecule has 1 aliphatic rings. The van der Waals surface area contributed by atoms with Crippen molar-refractivity contribution >= 4 is 17.7 Å². The quantitative estimate of drug-likeness (QED) is 0.451. The van der Waals surface area contributed by atoms with Gasteiger partial charge in [-0.1, -0.05) is 25.1 Å². The number of piperidine rings is 1. The van der Waals surface area contributed by atoms with Crippen LogP contribution in [0.25, 0.3) is 0 Å². The fourth-order valence-corrected chi connectivity index (χ4v) is 3.94. The SMILES string of the molecule is CCNC(=NCC(C)Sc1ccccc1)NCC1CCCN(C)C1.